The number of nitrogens with zero attached hydrogens (tertiary/aromatic N) is 5. The second-order valence-corrected chi connectivity index (χ2v) is 9.77. The third-order valence-corrected chi connectivity index (χ3v) is 7.08. The molecule has 2 N–H and O–H groups in total. The van der Waals surface area contributed by atoms with Crippen LogP contribution in [0.2, 0.25) is 0 Å². The Morgan fingerprint density at radius 2 is 2.03 bits per heavy atom. The number of hydrogen-bond acceptors (Lipinski definition) is 6. The van der Waals surface area contributed by atoms with Crippen LogP contribution in [0.15, 0.2) is 42.6 Å². The first-order valence-electron chi connectivity index (χ1n) is 11.7. The molecule has 1 amide bonds. The van der Waals surface area contributed by atoms with Gasteiger partial charge in [0, 0.05) is 37.6 Å². The fourth-order valence-corrected chi connectivity index (χ4v) is 5.19. The van der Waals surface area contributed by atoms with Crippen LogP contribution in [0.4, 0.5) is 5.69 Å². The lowest BCUT2D eigenvalue weighted by molar-refractivity contribution is -0.138. The molecular weight excluding hydrogens is 432 g/mol. The number of nitrogens with one attached hydrogen (secondary N) is 1. The molecule has 0 bridgehead atoms. The maximum atomic E-state index is 12.8. The number of carboxylic acids is 1. The predicted octanol–water partition coefficient (Wildman–Crippen LogP) is 2.09. The van der Waals surface area contributed by atoms with Gasteiger partial charge in [-0.1, -0.05) is 37.3 Å². The van der Waals surface area contributed by atoms with Crippen LogP contribution in [0.1, 0.15) is 41.5 Å². The van der Waals surface area contributed by atoms with Gasteiger partial charge < -0.3 is 15.3 Å². The normalized spacial score (nSPS) is 23.0. The first-order valence-corrected chi connectivity index (χ1v) is 11.7. The van der Waals surface area contributed by atoms with Gasteiger partial charge >= 0.3 is 5.97 Å². The van der Waals surface area contributed by atoms with Crippen LogP contribution < -0.4 is 10.2 Å². The zero-order chi connectivity index (χ0) is 23.9. The average molecular weight is 463 g/mol. The first-order chi connectivity index (χ1) is 16.3. The van der Waals surface area contributed by atoms with E-state index in [1.165, 1.54) is 5.56 Å². The van der Waals surface area contributed by atoms with E-state index in [1.807, 2.05) is 24.1 Å². The topological polar surface area (TPSA) is 103 Å². The summed E-state index contributed by atoms with van der Waals surface area (Å²) in [5.74, 6) is -1.06. The van der Waals surface area contributed by atoms with Crippen LogP contribution in [0.5, 0.6) is 0 Å². The fourth-order valence-electron chi connectivity index (χ4n) is 5.19. The van der Waals surface area contributed by atoms with Crippen molar-refractivity contribution in [2.24, 2.45) is 0 Å². The molecule has 0 spiro atoms. The van der Waals surface area contributed by atoms with Crippen molar-refractivity contribution in [3.05, 3.63) is 59.5 Å². The minimum Gasteiger partial charge on any atom is -0.480 e. The van der Waals surface area contributed by atoms with Crippen LogP contribution in [-0.4, -0.2) is 75.2 Å². The van der Waals surface area contributed by atoms with Crippen molar-refractivity contribution in [2.45, 2.75) is 38.1 Å². The van der Waals surface area contributed by atoms with Gasteiger partial charge in [-0.3, -0.25) is 14.5 Å². The quantitative estimate of drug-likeness (QED) is 0.578. The van der Waals surface area contributed by atoms with E-state index in [9.17, 15) is 9.59 Å². The minimum absolute atomic E-state index is 0.0131. The number of hydrogen-bond donors (Lipinski definition) is 2. The number of carbonyl (C=O) groups is 2. The van der Waals surface area contributed by atoms with Crippen molar-refractivity contribution in [1.82, 2.24) is 24.8 Å². The fraction of sp³-hybridized carbons (Fsp3) is 0.440. The van der Waals surface area contributed by atoms with Gasteiger partial charge in [0.25, 0.3) is 5.91 Å². The highest BCUT2D eigenvalue weighted by atomic mass is 16.4. The Hall–Kier alpha value is -3.46. The lowest BCUT2D eigenvalue weighted by Gasteiger charge is -2.26. The Morgan fingerprint density at radius 1 is 1.24 bits per heavy atom. The summed E-state index contributed by atoms with van der Waals surface area (Å²) in [6.45, 7) is 7.32. The number of aromatic nitrogens is 3. The number of carbonyl (C=O) groups excluding carboxylic acids is 1. The molecule has 2 fully saturated rings. The molecule has 34 heavy (non-hydrogen) atoms. The monoisotopic (exact) mass is 462 g/mol. The van der Waals surface area contributed by atoms with Crippen LogP contribution in [0, 0.1) is 6.92 Å². The van der Waals surface area contributed by atoms with Crippen molar-refractivity contribution in [2.75, 3.05) is 37.6 Å². The Kier molecular flexibility index (Phi) is 5.73. The predicted molar refractivity (Wildman–Crippen MR) is 128 cm³/mol. The largest absolute Gasteiger partial charge is 0.480 e. The lowest BCUT2D eigenvalue weighted by atomic mass is 9.82. The number of carboxylic acid groups (broad SMARTS) is 1. The molecule has 0 saturated carbocycles. The average Bonchev–Trinajstić information content (AvgIpc) is 3.53. The molecule has 2 saturated heterocycles. The standard InChI is InChI=1S/C25H30N6O3/c1-17-12-20(30-11-9-25(2,16-30)18-6-4-3-5-7-18)14-31-23(17)27-22(28-31)24(34)26-19-8-10-29(13-19)15-21(32)33/h3-7,12,14,19H,8-11,13,15-16H2,1-2H3,(H,26,34)(H,32,33)/t19?,25-/m0/s1. The highest BCUT2D eigenvalue weighted by Gasteiger charge is 2.35. The Morgan fingerprint density at radius 3 is 2.79 bits per heavy atom. The summed E-state index contributed by atoms with van der Waals surface area (Å²) in [7, 11) is 0. The van der Waals surface area contributed by atoms with Crippen molar-refractivity contribution in [3.8, 4) is 0 Å². The molecule has 4 heterocycles. The van der Waals surface area contributed by atoms with Gasteiger partial charge in [-0.15, -0.1) is 5.10 Å². The summed E-state index contributed by atoms with van der Waals surface area (Å²) < 4.78 is 1.70. The van der Waals surface area contributed by atoms with Gasteiger partial charge in [-0.25, -0.2) is 9.50 Å². The second-order valence-electron chi connectivity index (χ2n) is 9.77. The van der Waals surface area contributed by atoms with Crippen LogP contribution in [0.3, 0.4) is 0 Å². The number of anilines is 1. The number of rotatable bonds is 6. The zero-order valence-corrected chi connectivity index (χ0v) is 19.6. The molecule has 2 atom stereocenters. The van der Waals surface area contributed by atoms with E-state index in [2.05, 4.69) is 57.6 Å². The van der Waals surface area contributed by atoms with E-state index >= 15 is 0 Å². The van der Waals surface area contributed by atoms with Crippen LogP contribution in [-0.2, 0) is 10.2 Å². The Bertz CT molecular complexity index is 1230. The van der Waals surface area contributed by atoms with E-state index in [0.29, 0.717) is 25.2 Å². The van der Waals surface area contributed by atoms with Gasteiger partial charge in [0.15, 0.2) is 5.65 Å². The third-order valence-electron chi connectivity index (χ3n) is 7.08. The molecule has 178 valence electrons. The van der Waals surface area contributed by atoms with Crippen molar-refractivity contribution >= 4 is 23.2 Å². The number of benzene rings is 1. The number of amides is 1. The maximum absolute atomic E-state index is 12.8. The second kappa shape index (κ2) is 8.72. The highest BCUT2D eigenvalue weighted by molar-refractivity contribution is 5.91. The van der Waals surface area contributed by atoms with Gasteiger partial charge in [-0.2, -0.15) is 0 Å². The molecule has 1 aromatic carbocycles. The number of aliphatic carboxylic acids is 1. The van der Waals surface area contributed by atoms with E-state index < -0.39 is 5.97 Å². The van der Waals surface area contributed by atoms with Gasteiger partial charge in [-0.05, 0) is 37.0 Å². The van der Waals surface area contributed by atoms with E-state index in [-0.39, 0.29) is 29.7 Å². The van der Waals surface area contributed by atoms with Crippen LogP contribution in [0.25, 0.3) is 5.65 Å². The highest BCUT2D eigenvalue weighted by Crippen LogP contribution is 2.36. The SMILES string of the molecule is Cc1cc(N2CC[C@](C)(c3ccccc3)C2)cn2nc(C(=O)NC3CCN(CC(=O)O)C3)nc12. The zero-order valence-electron chi connectivity index (χ0n) is 19.6. The summed E-state index contributed by atoms with van der Waals surface area (Å²) in [6.07, 6.45) is 3.73. The maximum Gasteiger partial charge on any atom is 0.317 e. The summed E-state index contributed by atoms with van der Waals surface area (Å²) in [4.78, 5) is 32.4. The smallest absolute Gasteiger partial charge is 0.317 e. The minimum atomic E-state index is -0.859. The molecular formula is C25H30N6O3. The van der Waals surface area contributed by atoms with Gasteiger partial charge in [0.05, 0.1) is 18.4 Å². The molecule has 5 rings (SSSR count). The Balaban J connectivity index is 1.31. The molecule has 2 aliphatic rings. The summed E-state index contributed by atoms with van der Waals surface area (Å²) in [6, 6.07) is 12.7. The molecule has 0 radical (unpaired) electrons. The number of pyridine rings is 1. The molecule has 9 heteroatoms. The van der Waals surface area contributed by atoms with E-state index in [0.717, 1.165) is 30.8 Å². The molecule has 1 unspecified atom stereocenters. The molecule has 0 aliphatic carbocycles. The number of likely N-dealkylation sites (tertiary alicyclic amines) is 1. The van der Waals surface area contributed by atoms with E-state index in [4.69, 9.17) is 5.11 Å². The molecule has 2 aliphatic heterocycles. The van der Waals surface area contributed by atoms with Crippen LogP contribution >= 0.6 is 0 Å². The van der Waals surface area contributed by atoms with E-state index in [1.54, 1.807) is 4.52 Å². The van der Waals surface area contributed by atoms with Gasteiger partial charge in [0.2, 0.25) is 5.82 Å². The van der Waals surface area contributed by atoms with Gasteiger partial charge in [0.1, 0.15) is 0 Å². The Labute approximate surface area is 198 Å². The van der Waals surface area contributed by atoms with Crippen molar-refractivity contribution in [1.29, 1.82) is 0 Å². The molecule has 9 nitrogen and oxygen atoms in total. The third kappa shape index (κ3) is 4.35. The lowest BCUT2D eigenvalue weighted by Crippen LogP contribution is -2.38. The summed E-state index contributed by atoms with van der Waals surface area (Å²) >= 11 is 0. The number of fused-ring (bicyclic) bond motifs is 1. The van der Waals surface area contributed by atoms with Crippen molar-refractivity contribution in [3.63, 3.8) is 0 Å². The summed E-state index contributed by atoms with van der Waals surface area (Å²) in [5.41, 5.74) is 4.14. The first kappa shape index (κ1) is 22.3. The molecule has 2 aromatic heterocycles. The summed E-state index contributed by atoms with van der Waals surface area (Å²) in [5, 5.41) is 16.4. The number of aryl methyl sites for hydroxylation is 1. The molecule has 3 aromatic rings. The van der Waals surface area contributed by atoms with Crippen molar-refractivity contribution < 1.29 is 14.7 Å².